The zero-order valence-electron chi connectivity index (χ0n) is 20.3. The number of fused-ring (bicyclic) bond motifs is 2. The normalized spacial score (nSPS) is 19.1. The van der Waals surface area contributed by atoms with Crippen molar-refractivity contribution in [3.8, 4) is 0 Å². The number of benzene rings is 1. The van der Waals surface area contributed by atoms with Gasteiger partial charge in [0.1, 0.15) is 0 Å². The molecule has 3 aromatic rings. The Morgan fingerprint density at radius 2 is 2.18 bits per heavy atom. The molecule has 1 fully saturated rings. The molecular formula is C26H36N6O2. The second-order valence-electron chi connectivity index (χ2n) is 9.44. The molecule has 2 aliphatic heterocycles. The zero-order chi connectivity index (χ0) is 23.5. The van der Waals surface area contributed by atoms with E-state index in [1.165, 1.54) is 23.1 Å². The standard InChI is InChI=1S/C26H36N6O2/c1-3-31-11-6-7-20(31)16-28-26(33)25-22-18-30(12-10-24(22)32(29-25)13-14-34-2)17-19-15-27-23-9-5-4-8-21(19)23/h4-5,8-9,15,20,27H,3,6-7,10-14,16-18H2,1-2H3,(H,28,33). The van der Waals surface area contributed by atoms with Crippen LogP contribution in [-0.2, 0) is 30.8 Å². The summed E-state index contributed by atoms with van der Waals surface area (Å²) in [6.07, 6.45) is 5.34. The number of H-pyrrole nitrogens is 1. The molecule has 1 unspecified atom stereocenters. The number of hydrogen-bond acceptors (Lipinski definition) is 5. The van der Waals surface area contributed by atoms with Gasteiger partial charge in [-0.15, -0.1) is 0 Å². The van der Waals surface area contributed by atoms with Gasteiger partial charge in [0, 0.05) is 74.1 Å². The van der Waals surface area contributed by atoms with Gasteiger partial charge in [-0.25, -0.2) is 0 Å². The minimum Gasteiger partial charge on any atom is -0.383 e. The number of methoxy groups -OCH3 is 1. The Morgan fingerprint density at radius 3 is 3.03 bits per heavy atom. The van der Waals surface area contributed by atoms with Crippen molar-refractivity contribution in [2.75, 3.05) is 39.9 Å². The second-order valence-corrected chi connectivity index (χ2v) is 9.44. The number of carbonyl (C=O) groups excluding carboxylic acids is 1. The summed E-state index contributed by atoms with van der Waals surface area (Å²) < 4.78 is 7.29. The average Bonchev–Trinajstić information content (AvgIpc) is 3.58. The van der Waals surface area contributed by atoms with E-state index in [-0.39, 0.29) is 5.91 Å². The van der Waals surface area contributed by atoms with E-state index in [1.807, 2.05) is 4.68 Å². The van der Waals surface area contributed by atoms with Crippen molar-refractivity contribution in [2.45, 2.75) is 51.9 Å². The van der Waals surface area contributed by atoms with Gasteiger partial charge in [0.2, 0.25) is 0 Å². The van der Waals surface area contributed by atoms with Crippen molar-refractivity contribution in [2.24, 2.45) is 0 Å². The van der Waals surface area contributed by atoms with Crippen LogP contribution in [0, 0.1) is 0 Å². The Morgan fingerprint density at radius 1 is 1.29 bits per heavy atom. The Hall–Kier alpha value is -2.68. The van der Waals surface area contributed by atoms with Crippen molar-refractivity contribution in [3.05, 3.63) is 53.0 Å². The van der Waals surface area contributed by atoms with Gasteiger partial charge in [0.25, 0.3) is 5.91 Å². The number of ether oxygens (including phenoxy) is 1. The van der Waals surface area contributed by atoms with E-state index in [4.69, 9.17) is 9.84 Å². The number of rotatable bonds is 9. The molecule has 0 spiro atoms. The highest BCUT2D eigenvalue weighted by Gasteiger charge is 2.29. The molecule has 2 aromatic heterocycles. The predicted molar refractivity (Wildman–Crippen MR) is 133 cm³/mol. The third-order valence-electron chi connectivity index (χ3n) is 7.41. The molecule has 2 aliphatic rings. The lowest BCUT2D eigenvalue weighted by Crippen LogP contribution is -2.40. The number of hydrogen-bond donors (Lipinski definition) is 2. The lowest BCUT2D eigenvalue weighted by atomic mass is 10.0. The second kappa shape index (κ2) is 10.3. The third-order valence-corrected chi connectivity index (χ3v) is 7.41. The average molecular weight is 465 g/mol. The lowest BCUT2D eigenvalue weighted by molar-refractivity contribution is 0.0932. The molecule has 0 saturated carbocycles. The highest BCUT2D eigenvalue weighted by Crippen LogP contribution is 2.26. The van der Waals surface area contributed by atoms with Crippen LogP contribution in [0.1, 0.15) is 47.1 Å². The molecule has 1 aromatic carbocycles. The molecule has 1 atom stereocenters. The molecule has 1 amide bonds. The van der Waals surface area contributed by atoms with Crippen molar-refractivity contribution < 1.29 is 9.53 Å². The van der Waals surface area contributed by atoms with Gasteiger partial charge in [-0.3, -0.25) is 19.3 Å². The van der Waals surface area contributed by atoms with Crippen LogP contribution < -0.4 is 5.32 Å². The maximum absolute atomic E-state index is 13.3. The summed E-state index contributed by atoms with van der Waals surface area (Å²) in [4.78, 5) is 21.6. The number of nitrogens with one attached hydrogen (secondary N) is 2. The van der Waals surface area contributed by atoms with E-state index in [9.17, 15) is 4.79 Å². The number of likely N-dealkylation sites (N-methyl/N-ethyl adjacent to an activating group) is 1. The first-order chi connectivity index (χ1) is 16.7. The number of amides is 1. The minimum absolute atomic E-state index is 0.0516. The van der Waals surface area contributed by atoms with Crippen LogP contribution in [0.3, 0.4) is 0 Å². The number of likely N-dealkylation sites (tertiary alicyclic amines) is 1. The monoisotopic (exact) mass is 464 g/mol. The quantitative estimate of drug-likeness (QED) is 0.509. The van der Waals surface area contributed by atoms with E-state index in [1.54, 1.807) is 7.11 Å². The summed E-state index contributed by atoms with van der Waals surface area (Å²) in [6, 6.07) is 8.85. The number of carbonyl (C=O) groups is 1. The van der Waals surface area contributed by atoms with Crippen molar-refractivity contribution in [3.63, 3.8) is 0 Å². The largest absolute Gasteiger partial charge is 0.383 e. The number of para-hydroxylation sites is 1. The van der Waals surface area contributed by atoms with Gasteiger partial charge in [0.15, 0.2) is 5.69 Å². The molecule has 1 saturated heterocycles. The fourth-order valence-electron chi connectivity index (χ4n) is 5.57. The molecule has 34 heavy (non-hydrogen) atoms. The molecule has 0 aliphatic carbocycles. The first-order valence-corrected chi connectivity index (χ1v) is 12.5. The highest BCUT2D eigenvalue weighted by molar-refractivity contribution is 5.94. The Kier molecular flexibility index (Phi) is 6.99. The predicted octanol–water partition coefficient (Wildman–Crippen LogP) is 2.78. The first-order valence-electron chi connectivity index (χ1n) is 12.5. The van der Waals surface area contributed by atoms with E-state index >= 15 is 0 Å². The van der Waals surface area contributed by atoms with Gasteiger partial charge in [0.05, 0.1) is 13.2 Å². The Labute approximate surface area is 201 Å². The molecule has 5 rings (SSSR count). The van der Waals surface area contributed by atoms with Crippen molar-refractivity contribution in [1.29, 1.82) is 0 Å². The Balaban J connectivity index is 1.33. The molecule has 0 bridgehead atoms. The summed E-state index contributed by atoms with van der Waals surface area (Å²) >= 11 is 0. The van der Waals surface area contributed by atoms with Crippen LogP contribution in [0.2, 0.25) is 0 Å². The maximum atomic E-state index is 13.3. The number of aromatic amines is 1. The minimum atomic E-state index is -0.0516. The Bertz CT molecular complexity index is 1140. The van der Waals surface area contributed by atoms with Crippen LogP contribution in [0.5, 0.6) is 0 Å². The van der Waals surface area contributed by atoms with Gasteiger partial charge in [-0.05, 0) is 37.6 Å². The number of nitrogens with zero attached hydrogens (tertiary/aromatic N) is 4. The summed E-state index contributed by atoms with van der Waals surface area (Å²) in [7, 11) is 1.70. The van der Waals surface area contributed by atoms with Gasteiger partial charge in [-0.1, -0.05) is 25.1 Å². The van der Waals surface area contributed by atoms with Crippen molar-refractivity contribution >= 4 is 16.8 Å². The van der Waals surface area contributed by atoms with E-state index in [2.05, 4.69) is 57.5 Å². The SMILES string of the molecule is CCN1CCCC1CNC(=O)c1nn(CCOC)c2c1CN(Cc1c[nH]c3ccccc13)CC2. The van der Waals surface area contributed by atoms with Gasteiger partial charge < -0.3 is 15.0 Å². The summed E-state index contributed by atoms with van der Waals surface area (Å²) in [5, 5.41) is 9.23. The topological polar surface area (TPSA) is 78.4 Å². The molecule has 8 nitrogen and oxygen atoms in total. The number of aromatic nitrogens is 3. The smallest absolute Gasteiger partial charge is 0.272 e. The van der Waals surface area contributed by atoms with Crippen LogP contribution in [0.25, 0.3) is 10.9 Å². The van der Waals surface area contributed by atoms with Crippen LogP contribution in [-0.4, -0.2) is 76.4 Å². The van der Waals surface area contributed by atoms with E-state index < -0.39 is 0 Å². The third kappa shape index (κ3) is 4.62. The van der Waals surface area contributed by atoms with Crippen LogP contribution in [0.15, 0.2) is 30.5 Å². The maximum Gasteiger partial charge on any atom is 0.272 e. The fraction of sp³-hybridized carbons (Fsp3) is 0.538. The molecule has 2 N–H and O–H groups in total. The summed E-state index contributed by atoms with van der Waals surface area (Å²) in [5.41, 5.74) is 5.27. The van der Waals surface area contributed by atoms with Crippen molar-refractivity contribution in [1.82, 2.24) is 29.9 Å². The van der Waals surface area contributed by atoms with Gasteiger partial charge in [-0.2, -0.15) is 5.10 Å². The van der Waals surface area contributed by atoms with E-state index in [0.29, 0.717) is 31.4 Å². The zero-order valence-corrected chi connectivity index (χ0v) is 20.3. The summed E-state index contributed by atoms with van der Waals surface area (Å²) in [5.74, 6) is -0.0516. The fourth-order valence-corrected chi connectivity index (χ4v) is 5.57. The lowest BCUT2D eigenvalue weighted by Gasteiger charge is -2.27. The molecule has 8 heteroatoms. The highest BCUT2D eigenvalue weighted by atomic mass is 16.5. The molecule has 4 heterocycles. The van der Waals surface area contributed by atoms with Crippen LogP contribution >= 0.6 is 0 Å². The van der Waals surface area contributed by atoms with Crippen LogP contribution in [0.4, 0.5) is 0 Å². The molecule has 0 radical (unpaired) electrons. The van der Waals surface area contributed by atoms with E-state index in [0.717, 1.165) is 56.6 Å². The first kappa shape index (κ1) is 23.1. The molecular weight excluding hydrogens is 428 g/mol. The molecule has 182 valence electrons. The van der Waals surface area contributed by atoms with Gasteiger partial charge >= 0.3 is 0 Å². The summed E-state index contributed by atoms with van der Waals surface area (Å²) in [6.45, 7) is 8.81.